The van der Waals surface area contributed by atoms with Gasteiger partial charge in [0.2, 0.25) is 15.9 Å². The smallest absolute Gasteiger partial charge is 0.241 e. The van der Waals surface area contributed by atoms with Gasteiger partial charge in [0, 0.05) is 13.1 Å². The normalized spacial score (nSPS) is 20.2. The van der Waals surface area contributed by atoms with E-state index in [1.54, 1.807) is 25.1 Å². The van der Waals surface area contributed by atoms with E-state index in [9.17, 15) is 13.2 Å². The van der Waals surface area contributed by atoms with Crippen LogP contribution in [-0.2, 0) is 14.8 Å². The molecule has 0 saturated carbocycles. The second-order valence-electron chi connectivity index (χ2n) is 6.85. The van der Waals surface area contributed by atoms with E-state index in [1.165, 1.54) is 25.0 Å². The van der Waals surface area contributed by atoms with Crippen molar-refractivity contribution in [3.63, 3.8) is 0 Å². The zero-order chi connectivity index (χ0) is 18.3. The van der Waals surface area contributed by atoms with Crippen LogP contribution in [0.2, 0.25) is 0 Å². The highest BCUT2D eigenvalue weighted by molar-refractivity contribution is 7.89. The molecule has 1 heterocycles. The van der Waals surface area contributed by atoms with Gasteiger partial charge in [0.05, 0.1) is 10.9 Å². The molecule has 0 aliphatic carbocycles. The number of nitrogens with one attached hydrogen (secondary N) is 2. The van der Waals surface area contributed by atoms with E-state index in [-0.39, 0.29) is 10.8 Å². The second kappa shape index (κ2) is 9.31. The molecule has 1 unspecified atom stereocenters. The summed E-state index contributed by atoms with van der Waals surface area (Å²) in [7, 11) is -3.68. The minimum absolute atomic E-state index is 0.161. The van der Waals surface area contributed by atoms with Gasteiger partial charge in [-0.15, -0.1) is 0 Å². The summed E-state index contributed by atoms with van der Waals surface area (Å²) in [6.45, 7) is 7.61. The summed E-state index contributed by atoms with van der Waals surface area (Å²) in [5.41, 5.74) is 0. The first-order valence-electron chi connectivity index (χ1n) is 8.96. The van der Waals surface area contributed by atoms with Crippen LogP contribution in [0.5, 0.6) is 0 Å². The molecular weight excluding hydrogens is 338 g/mol. The van der Waals surface area contributed by atoms with Crippen molar-refractivity contribution in [3.05, 3.63) is 30.3 Å². The Morgan fingerprint density at radius 2 is 2.04 bits per heavy atom. The highest BCUT2D eigenvalue weighted by atomic mass is 32.2. The number of benzene rings is 1. The van der Waals surface area contributed by atoms with Gasteiger partial charge in [-0.25, -0.2) is 8.42 Å². The van der Waals surface area contributed by atoms with Gasteiger partial charge in [-0.2, -0.15) is 4.72 Å². The number of hydrogen-bond donors (Lipinski definition) is 2. The highest BCUT2D eigenvalue weighted by Gasteiger charge is 2.21. The lowest BCUT2D eigenvalue weighted by Crippen LogP contribution is -2.45. The lowest BCUT2D eigenvalue weighted by molar-refractivity contribution is -0.122. The minimum atomic E-state index is -3.68. The predicted octanol–water partition coefficient (Wildman–Crippen LogP) is 1.59. The van der Waals surface area contributed by atoms with Crippen molar-refractivity contribution in [2.45, 2.75) is 44.0 Å². The molecule has 1 fully saturated rings. The molecule has 1 aliphatic heterocycles. The number of nitrogens with zero attached hydrogens (tertiary/aromatic N) is 1. The van der Waals surface area contributed by atoms with Crippen LogP contribution in [-0.4, -0.2) is 51.4 Å². The van der Waals surface area contributed by atoms with Crippen LogP contribution < -0.4 is 10.0 Å². The fraction of sp³-hybridized carbons (Fsp3) is 0.611. The molecular formula is C18H29N3O3S. The maximum Gasteiger partial charge on any atom is 0.241 e. The van der Waals surface area contributed by atoms with Crippen LogP contribution in [0.3, 0.4) is 0 Å². The summed E-state index contributed by atoms with van der Waals surface area (Å²) >= 11 is 0. The first kappa shape index (κ1) is 19.9. The Hall–Kier alpha value is -1.44. The number of hydrogen-bond acceptors (Lipinski definition) is 4. The van der Waals surface area contributed by atoms with Crippen LogP contribution in [0.15, 0.2) is 35.2 Å². The number of rotatable bonds is 8. The van der Waals surface area contributed by atoms with Gasteiger partial charge >= 0.3 is 0 Å². The monoisotopic (exact) mass is 367 g/mol. The molecule has 1 amide bonds. The van der Waals surface area contributed by atoms with E-state index in [1.807, 2.05) is 0 Å². The Bertz CT molecular complexity index is 649. The number of piperidine rings is 1. The fourth-order valence-corrected chi connectivity index (χ4v) is 4.34. The first-order valence-corrected chi connectivity index (χ1v) is 10.4. The van der Waals surface area contributed by atoms with Crippen molar-refractivity contribution in [2.75, 3.05) is 26.2 Å². The van der Waals surface area contributed by atoms with Crippen molar-refractivity contribution in [1.29, 1.82) is 0 Å². The van der Waals surface area contributed by atoms with Crippen molar-refractivity contribution in [3.8, 4) is 0 Å². The third kappa shape index (κ3) is 6.41. The van der Waals surface area contributed by atoms with Gasteiger partial charge in [-0.1, -0.05) is 25.1 Å². The number of carbonyl (C=O) groups excluding carboxylic acids is 1. The molecule has 2 atom stereocenters. The summed E-state index contributed by atoms with van der Waals surface area (Å²) < 4.78 is 26.9. The molecule has 0 bridgehead atoms. The van der Waals surface area contributed by atoms with Gasteiger partial charge in [0.25, 0.3) is 0 Å². The van der Waals surface area contributed by atoms with Gasteiger partial charge < -0.3 is 10.2 Å². The standard InChI is InChI=1S/C18H29N3O3S/c1-15-8-6-12-21(14-15)13-7-11-19-18(22)16(2)20-25(23,24)17-9-4-3-5-10-17/h3-5,9-10,15-16,20H,6-8,11-14H2,1-2H3,(H,19,22)/t15?,16-/m0/s1. The fourth-order valence-electron chi connectivity index (χ4n) is 3.11. The molecule has 2 rings (SSSR count). The average Bonchev–Trinajstić information content (AvgIpc) is 2.59. The van der Waals surface area contributed by atoms with Crippen molar-refractivity contribution in [2.24, 2.45) is 5.92 Å². The van der Waals surface area contributed by atoms with E-state index >= 15 is 0 Å². The lowest BCUT2D eigenvalue weighted by atomic mass is 10.0. The van der Waals surface area contributed by atoms with Crippen LogP contribution >= 0.6 is 0 Å². The molecule has 1 aromatic rings. The van der Waals surface area contributed by atoms with Gasteiger partial charge in [0.1, 0.15) is 0 Å². The zero-order valence-electron chi connectivity index (χ0n) is 15.1. The Balaban J connectivity index is 1.71. The Kier molecular flexibility index (Phi) is 7.40. The summed E-state index contributed by atoms with van der Waals surface area (Å²) in [6.07, 6.45) is 3.41. The SMILES string of the molecule is CC1CCCN(CCCNC(=O)[C@H](C)NS(=O)(=O)c2ccccc2)C1. The Morgan fingerprint density at radius 1 is 1.32 bits per heavy atom. The Morgan fingerprint density at radius 3 is 2.72 bits per heavy atom. The van der Waals surface area contributed by atoms with Crippen molar-refractivity contribution in [1.82, 2.24) is 14.9 Å². The third-order valence-electron chi connectivity index (χ3n) is 4.47. The van der Waals surface area contributed by atoms with E-state index < -0.39 is 16.1 Å². The summed E-state index contributed by atoms with van der Waals surface area (Å²) in [6, 6.07) is 7.26. The number of amides is 1. The molecule has 1 aromatic carbocycles. The van der Waals surface area contributed by atoms with E-state index in [0.717, 1.165) is 32.0 Å². The molecule has 1 aliphatic rings. The molecule has 0 spiro atoms. The maximum absolute atomic E-state index is 12.2. The highest BCUT2D eigenvalue weighted by Crippen LogP contribution is 2.15. The largest absolute Gasteiger partial charge is 0.355 e. The average molecular weight is 368 g/mol. The molecule has 6 nitrogen and oxygen atoms in total. The second-order valence-corrected chi connectivity index (χ2v) is 8.56. The lowest BCUT2D eigenvalue weighted by Gasteiger charge is -2.30. The number of sulfonamides is 1. The minimum Gasteiger partial charge on any atom is -0.355 e. The van der Waals surface area contributed by atoms with E-state index in [4.69, 9.17) is 0 Å². The van der Waals surface area contributed by atoms with Gasteiger partial charge in [-0.3, -0.25) is 4.79 Å². The van der Waals surface area contributed by atoms with Gasteiger partial charge in [0.15, 0.2) is 0 Å². The van der Waals surface area contributed by atoms with E-state index in [2.05, 4.69) is 21.9 Å². The zero-order valence-corrected chi connectivity index (χ0v) is 15.9. The molecule has 7 heteroatoms. The molecule has 0 aromatic heterocycles. The summed E-state index contributed by atoms with van der Waals surface area (Å²) in [4.78, 5) is 14.7. The van der Waals surface area contributed by atoms with E-state index in [0.29, 0.717) is 6.54 Å². The molecule has 0 radical (unpaired) electrons. The molecule has 1 saturated heterocycles. The van der Waals surface area contributed by atoms with Crippen LogP contribution in [0, 0.1) is 5.92 Å². The van der Waals surface area contributed by atoms with Crippen LogP contribution in [0.4, 0.5) is 0 Å². The molecule has 2 N–H and O–H groups in total. The summed E-state index contributed by atoms with van der Waals surface area (Å²) in [5, 5.41) is 2.81. The number of carbonyl (C=O) groups is 1. The predicted molar refractivity (Wildman–Crippen MR) is 98.7 cm³/mol. The number of likely N-dealkylation sites (tertiary alicyclic amines) is 1. The van der Waals surface area contributed by atoms with Gasteiger partial charge in [-0.05, 0) is 57.3 Å². The first-order chi connectivity index (χ1) is 11.9. The topological polar surface area (TPSA) is 78.5 Å². The van der Waals surface area contributed by atoms with Crippen LogP contribution in [0.1, 0.15) is 33.1 Å². The van der Waals surface area contributed by atoms with Crippen LogP contribution in [0.25, 0.3) is 0 Å². The van der Waals surface area contributed by atoms with Crippen molar-refractivity contribution >= 4 is 15.9 Å². The Labute approximate surface area is 151 Å². The molecule has 140 valence electrons. The third-order valence-corrected chi connectivity index (χ3v) is 6.03. The summed E-state index contributed by atoms with van der Waals surface area (Å²) in [5.74, 6) is 0.447. The van der Waals surface area contributed by atoms with Crippen molar-refractivity contribution < 1.29 is 13.2 Å². The maximum atomic E-state index is 12.2. The molecule has 25 heavy (non-hydrogen) atoms. The quantitative estimate of drug-likeness (QED) is 0.684.